The monoisotopic (exact) mass is 782 g/mol. The number of ether oxygens (including phenoxy) is 1. The van der Waals surface area contributed by atoms with E-state index in [1.807, 2.05) is 18.2 Å². The van der Waals surface area contributed by atoms with Crippen molar-refractivity contribution < 1.29 is 4.74 Å². The molecule has 61 heavy (non-hydrogen) atoms. The summed E-state index contributed by atoms with van der Waals surface area (Å²) < 4.78 is 6.81. The first-order valence-corrected chi connectivity index (χ1v) is 20.6. The van der Waals surface area contributed by atoms with Gasteiger partial charge in [-0.3, -0.25) is 0 Å². The average Bonchev–Trinajstić information content (AvgIpc) is 3.56. The maximum absolute atomic E-state index is 9.53. The first kappa shape index (κ1) is 36.2. The zero-order valence-electron chi connectivity index (χ0n) is 33.7. The number of benzene rings is 8. The molecule has 0 saturated carbocycles. The highest BCUT2D eigenvalue weighted by molar-refractivity contribution is 5.83. The predicted octanol–water partition coefficient (Wildman–Crippen LogP) is 13.2. The fourth-order valence-corrected chi connectivity index (χ4v) is 9.53. The molecule has 0 unspecified atom stereocenters. The minimum atomic E-state index is -0.592. The molecule has 1 aromatic heterocycles. The topological polar surface area (TPSA) is 71.7 Å². The molecule has 0 bridgehead atoms. The van der Waals surface area contributed by atoms with Crippen molar-refractivity contribution in [2.75, 3.05) is 0 Å². The largest absolute Gasteiger partial charge is 0.457 e. The molecule has 0 N–H and O–H groups in total. The highest BCUT2D eigenvalue weighted by Crippen LogP contribution is 2.56. The summed E-state index contributed by atoms with van der Waals surface area (Å²) in [4.78, 5) is 15.3. The molecule has 11 rings (SSSR count). The van der Waals surface area contributed by atoms with Crippen LogP contribution in [0.1, 0.15) is 52.8 Å². The predicted molar refractivity (Wildman–Crippen MR) is 242 cm³/mol. The van der Waals surface area contributed by atoms with E-state index in [2.05, 4.69) is 184 Å². The molecular formula is C56H38N4O. The molecule has 5 heteroatoms. The molecule has 0 amide bonds. The smallest absolute Gasteiger partial charge is 0.164 e. The number of nitriles is 1. The zero-order valence-corrected chi connectivity index (χ0v) is 33.7. The molecule has 5 nitrogen and oxygen atoms in total. The van der Waals surface area contributed by atoms with E-state index in [1.54, 1.807) is 12.1 Å². The Balaban J connectivity index is 1.04. The maximum Gasteiger partial charge on any atom is 0.164 e. The Morgan fingerprint density at radius 3 is 1.64 bits per heavy atom. The van der Waals surface area contributed by atoms with E-state index >= 15 is 0 Å². The van der Waals surface area contributed by atoms with Gasteiger partial charge >= 0.3 is 0 Å². The first-order chi connectivity index (χ1) is 29.9. The summed E-state index contributed by atoms with van der Waals surface area (Å²) in [6, 6.07) is 69.6. The quantitative estimate of drug-likeness (QED) is 0.168. The molecule has 9 aromatic rings. The van der Waals surface area contributed by atoms with Gasteiger partial charge in [0.05, 0.1) is 17.0 Å². The van der Waals surface area contributed by atoms with Gasteiger partial charge in [0.2, 0.25) is 0 Å². The summed E-state index contributed by atoms with van der Waals surface area (Å²) in [5, 5.41) is 9.53. The summed E-state index contributed by atoms with van der Waals surface area (Å²) in [6.45, 7) is 4.56. The molecule has 1 aliphatic carbocycles. The summed E-state index contributed by atoms with van der Waals surface area (Å²) in [5.74, 6) is 3.33. The van der Waals surface area contributed by atoms with Crippen LogP contribution in [0.5, 0.6) is 11.5 Å². The zero-order chi connectivity index (χ0) is 41.1. The summed E-state index contributed by atoms with van der Waals surface area (Å²) in [7, 11) is 0. The number of aromatic nitrogens is 3. The number of nitrogens with zero attached hydrogens (tertiary/aromatic N) is 4. The van der Waals surface area contributed by atoms with E-state index in [0.29, 0.717) is 23.0 Å². The van der Waals surface area contributed by atoms with Crippen molar-refractivity contribution in [3.05, 3.63) is 233 Å². The number of fused-ring (bicyclic) bond motifs is 5. The molecular weight excluding hydrogens is 745 g/mol. The van der Waals surface area contributed by atoms with Crippen LogP contribution in [0.15, 0.2) is 194 Å². The summed E-state index contributed by atoms with van der Waals surface area (Å²) in [6.07, 6.45) is 0. The Labute approximate surface area is 355 Å². The fraction of sp³-hybridized carbons (Fsp3) is 0.0714. The highest BCUT2D eigenvalue weighted by Gasteiger charge is 2.45. The standard InChI is InChI=1S/C56H38N4O/c1-55(2)46-21-10-9-20-44(46)45-30-28-41(33-49(45)55)54-59-52(37-26-24-36(35-57)25-27-37)58-53(60-54)40-15-13-14-38(32-40)39-29-31-48-51(34-39)61-50-23-12-11-22-47(50)56(48,42-16-5-3-6-17-42)43-18-7-4-8-19-43/h3-34H,1-2H3. The normalized spacial score (nSPS) is 13.8. The van der Waals surface area contributed by atoms with Crippen LogP contribution < -0.4 is 4.74 Å². The van der Waals surface area contributed by atoms with Crippen LogP contribution in [0.4, 0.5) is 0 Å². The Hall–Kier alpha value is -7.94. The third-order valence-corrected chi connectivity index (χ3v) is 12.5. The van der Waals surface area contributed by atoms with Gasteiger partial charge in [0, 0.05) is 33.2 Å². The van der Waals surface area contributed by atoms with Gasteiger partial charge < -0.3 is 4.74 Å². The van der Waals surface area contributed by atoms with E-state index in [9.17, 15) is 5.26 Å². The number of para-hydroxylation sites is 1. The number of hydrogen-bond acceptors (Lipinski definition) is 5. The molecule has 0 radical (unpaired) electrons. The van der Waals surface area contributed by atoms with Crippen LogP contribution in [-0.2, 0) is 10.8 Å². The molecule has 0 fully saturated rings. The molecule has 1 aliphatic heterocycles. The second-order valence-electron chi connectivity index (χ2n) is 16.3. The minimum Gasteiger partial charge on any atom is -0.457 e. The Kier molecular flexibility index (Phi) is 8.37. The van der Waals surface area contributed by atoms with E-state index in [0.717, 1.165) is 50.4 Å². The van der Waals surface area contributed by atoms with Crippen LogP contribution in [0.3, 0.4) is 0 Å². The second-order valence-corrected chi connectivity index (χ2v) is 16.3. The summed E-state index contributed by atoms with van der Waals surface area (Å²) in [5.41, 5.74) is 14.0. The second kappa shape index (κ2) is 14.1. The van der Waals surface area contributed by atoms with Gasteiger partial charge in [-0.25, -0.2) is 15.0 Å². The lowest BCUT2D eigenvalue weighted by Crippen LogP contribution is -2.34. The van der Waals surface area contributed by atoms with Crippen molar-refractivity contribution in [1.29, 1.82) is 5.26 Å². The van der Waals surface area contributed by atoms with Crippen LogP contribution in [-0.4, -0.2) is 15.0 Å². The van der Waals surface area contributed by atoms with Crippen LogP contribution in [0.25, 0.3) is 56.4 Å². The Morgan fingerprint density at radius 2 is 0.934 bits per heavy atom. The van der Waals surface area contributed by atoms with E-state index in [1.165, 1.54) is 33.4 Å². The van der Waals surface area contributed by atoms with Crippen molar-refractivity contribution in [2.24, 2.45) is 0 Å². The van der Waals surface area contributed by atoms with E-state index in [4.69, 9.17) is 19.7 Å². The fourth-order valence-electron chi connectivity index (χ4n) is 9.53. The van der Waals surface area contributed by atoms with E-state index in [-0.39, 0.29) is 5.41 Å². The van der Waals surface area contributed by atoms with Crippen molar-refractivity contribution in [3.63, 3.8) is 0 Å². The number of rotatable bonds is 6. The van der Waals surface area contributed by atoms with E-state index < -0.39 is 5.41 Å². The number of hydrogen-bond donors (Lipinski definition) is 0. The average molecular weight is 783 g/mol. The van der Waals surface area contributed by atoms with Crippen LogP contribution in [0, 0.1) is 11.3 Å². The van der Waals surface area contributed by atoms with Gasteiger partial charge in [-0.1, -0.05) is 159 Å². The highest BCUT2D eigenvalue weighted by atomic mass is 16.5. The molecule has 2 heterocycles. The Bertz CT molecular complexity index is 3160. The third-order valence-electron chi connectivity index (χ3n) is 12.5. The molecule has 8 aromatic carbocycles. The van der Waals surface area contributed by atoms with Crippen LogP contribution >= 0.6 is 0 Å². The lowest BCUT2D eigenvalue weighted by Gasteiger charge is -2.41. The van der Waals surface area contributed by atoms with Gasteiger partial charge in [-0.2, -0.15) is 5.26 Å². The summed E-state index contributed by atoms with van der Waals surface area (Å²) >= 11 is 0. The molecule has 0 atom stereocenters. The third kappa shape index (κ3) is 5.79. The molecule has 2 aliphatic rings. The SMILES string of the molecule is CC1(C)c2ccccc2-c2ccc(-c3nc(-c4ccc(C#N)cc4)nc(-c4cccc(-c5ccc6c(c5)Oc5ccccc5C6(c5ccccc5)c5ccccc5)c4)n3)cc21. The van der Waals surface area contributed by atoms with Gasteiger partial charge in [-0.15, -0.1) is 0 Å². The lowest BCUT2D eigenvalue weighted by atomic mass is 9.63. The van der Waals surface area contributed by atoms with Gasteiger partial charge in [0.15, 0.2) is 17.5 Å². The van der Waals surface area contributed by atoms with Crippen molar-refractivity contribution in [3.8, 4) is 74.0 Å². The van der Waals surface area contributed by atoms with Crippen molar-refractivity contribution >= 4 is 0 Å². The van der Waals surface area contributed by atoms with Gasteiger partial charge in [0.25, 0.3) is 0 Å². The van der Waals surface area contributed by atoms with Gasteiger partial charge in [0.1, 0.15) is 11.5 Å². The van der Waals surface area contributed by atoms with Crippen LogP contribution in [0.2, 0.25) is 0 Å². The molecule has 0 spiro atoms. The first-order valence-electron chi connectivity index (χ1n) is 20.6. The Morgan fingerprint density at radius 1 is 0.410 bits per heavy atom. The van der Waals surface area contributed by atoms with Crippen molar-refractivity contribution in [2.45, 2.75) is 24.7 Å². The molecule has 0 saturated heterocycles. The molecule has 288 valence electrons. The maximum atomic E-state index is 9.53. The van der Waals surface area contributed by atoms with Crippen molar-refractivity contribution in [1.82, 2.24) is 15.0 Å². The minimum absolute atomic E-state index is 0.176. The lowest BCUT2D eigenvalue weighted by molar-refractivity contribution is 0.435. The van der Waals surface area contributed by atoms with Gasteiger partial charge in [-0.05, 0) is 93.0 Å².